The molecule has 0 unspecified atom stereocenters. The maximum atomic E-state index is 12.5. The molecule has 0 atom stereocenters. The molecule has 150 valence electrons. The average Bonchev–Trinajstić information content (AvgIpc) is 3.34. The number of fused-ring (bicyclic) bond motifs is 3. The van der Waals surface area contributed by atoms with Gasteiger partial charge in [-0.2, -0.15) is 0 Å². The Morgan fingerprint density at radius 2 is 1.89 bits per heavy atom. The maximum Gasteiger partial charge on any atom is 0.153 e. The summed E-state index contributed by atoms with van der Waals surface area (Å²) in [7, 11) is -2.96. The highest BCUT2D eigenvalue weighted by atomic mass is 32.2. The number of anilines is 1. The summed E-state index contributed by atoms with van der Waals surface area (Å²) in [6.45, 7) is 2.82. The number of aromatic nitrogens is 3. The molecular formula is C21H28N4O2S. The molecular weight excluding hydrogens is 372 g/mol. The summed E-state index contributed by atoms with van der Waals surface area (Å²) in [5, 5.41) is 0.931. The van der Waals surface area contributed by atoms with Crippen molar-refractivity contribution in [1.82, 2.24) is 14.5 Å². The Bertz CT molecular complexity index is 1100. The van der Waals surface area contributed by atoms with Crippen LogP contribution < -0.4 is 5.73 Å². The van der Waals surface area contributed by atoms with Crippen molar-refractivity contribution in [2.45, 2.75) is 63.7 Å². The van der Waals surface area contributed by atoms with Crippen molar-refractivity contribution in [1.29, 1.82) is 0 Å². The van der Waals surface area contributed by atoms with Gasteiger partial charge in [-0.3, -0.25) is 0 Å². The first kappa shape index (κ1) is 19.2. The molecule has 1 aromatic carbocycles. The molecule has 7 heteroatoms. The summed E-state index contributed by atoms with van der Waals surface area (Å²) in [4.78, 5) is 9.22. The fourth-order valence-corrected chi connectivity index (χ4v) is 6.39. The minimum absolute atomic E-state index is 0.109. The Morgan fingerprint density at radius 3 is 2.64 bits per heavy atom. The van der Waals surface area contributed by atoms with E-state index in [0.717, 1.165) is 72.8 Å². The van der Waals surface area contributed by atoms with Crippen molar-refractivity contribution in [3.63, 3.8) is 0 Å². The van der Waals surface area contributed by atoms with E-state index in [1.165, 1.54) is 0 Å². The zero-order valence-electron chi connectivity index (χ0n) is 16.4. The Morgan fingerprint density at radius 1 is 1.14 bits per heavy atom. The molecule has 1 aliphatic rings. The molecule has 1 fully saturated rings. The summed E-state index contributed by atoms with van der Waals surface area (Å²) in [5.74, 6) is 1.71. The number of pyridine rings is 1. The van der Waals surface area contributed by atoms with Gasteiger partial charge in [0, 0.05) is 18.4 Å². The third-order valence-electron chi connectivity index (χ3n) is 5.88. The van der Waals surface area contributed by atoms with Crippen LogP contribution in [-0.2, 0) is 22.8 Å². The Hall–Kier alpha value is -2.15. The van der Waals surface area contributed by atoms with Crippen molar-refractivity contribution < 1.29 is 8.42 Å². The first-order valence-electron chi connectivity index (χ1n) is 10.3. The van der Waals surface area contributed by atoms with Gasteiger partial charge in [0.05, 0.1) is 22.0 Å². The van der Waals surface area contributed by atoms with Gasteiger partial charge in [-0.25, -0.2) is 18.4 Å². The van der Waals surface area contributed by atoms with Crippen LogP contribution in [0.5, 0.6) is 0 Å². The fourth-order valence-electron chi connectivity index (χ4n) is 4.40. The van der Waals surface area contributed by atoms with E-state index in [-0.39, 0.29) is 11.0 Å². The second kappa shape index (κ2) is 7.70. The Labute approximate surface area is 166 Å². The molecule has 0 saturated heterocycles. The molecule has 0 spiro atoms. The fraction of sp³-hybridized carbons (Fsp3) is 0.524. The molecule has 3 aromatic rings. The van der Waals surface area contributed by atoms with Crippen LogP contribution in [0.3, 0.4) is 0 Å². The summed E-state index contributed by atoms with van der Waals surface area (Å²) >= 11 is 0. The number of hydrogen-bond acceptors (Lipinski definition) is 5. The Kier molecular flexibility index (Phi) is 5.27. The number of sulfone groups is 1. The van der Waals surface area contributed by atoms with E-state index in [0.29, 0.717) is 12.2 Å². The SMILES string of the molecule is CCc1nc2c(N)nc3ccccc3c2n1CCCCS(=O)(=O)C1CCCC1. The van der Waals surface area contributed by atoms with Gasteiger partial charge < -0.3 is 10.3 Å². The highest BCUT2D eigenvalue weighted by molar-refractivity contribution is 7.92. The van der Waals surface area contributed by atoms with Gasteiger partial charge >= 0.3 is 0 Å². The smallest absolute Gasteiger partial charge is 0.153 e. The van der Waals surface area contributed by atoms with E-state index >= 15 is 0 Å². The van der Waals surface area contributed by atoms with Gasteiger partial charge in [-0.05, 0) is 31.7 Å². The number of benzene rings is 1. The van der Waals surface area contributed by atoms with Crippen LogP contribution in [-0.4, -0.2) is 34.0 Å². The van der Waals surface area contributed by atoms with Gasteiger partial charge in [0.2, 0.25) is 0 Å². The minimum Gasteiger partial charge on any atom is -0.382 e. The molecule has 0 radical (unpaired) electrons. The number of unbranched alkanes of at least 4 members (excludes halogenated alkanes) is 1. The molecule has 4 rings (SSSR count). The molecule has 1 saturated carbocycles. The number of nitrogens with zero attached hydrogens (tertiary/aromatic N) is 3. The zero-order chi connectivity index (χ0) is 19.7. The number of hydrogen-bond donors (Lipinski definition) is 1. The molecule has 6 nitrogen and oxygen atoms in total. The number of nitrogens with two attached hydrogens (primary N) is 1. The number of rotatable bonds is 7. The molecule has 2 aromatic heterocycles. The molecule has 2 heterocycles. The van der Waals surface area contributed by atoms with Crippen LogP contribution in [0.25, 0.3) is 21.9 Å². The highest BCUT2D eigenvalue weighted by Gasteiger charge is 2.28. The number of para-hydroxylation sites is 1. The van der Waals surface area contributed by atoms with Crippen molar-refractivity contribution in [3.8, 4) is 0 Å². The third kappa shape index (κ3) is 3.48. The third-order valence-corrected chi connectivity index (χ3v) is 8.22. The largest absolute Gasteiger partial charge is 0.382 e. The van der Waals surface area contributed by atoms with E-state index in [4.69, 9.17) is 10.7 Å². The second-order valence-corrected chi connectivity index (χ2v) is 10.1. The van der Waals surface area contributed by atoms with Crippen LogP contribution in [0.1, 0.15) is 51.3 Å². The van der Waals surface area contributed by atoms with Crippen LogP contribution >= 0.6 is 0 Å². The van der Waals surface area contributed by atoms with Crippen LogP contribution in [0.4, 0.5) is 5.82 Å². The lowest BCUT2D eigenvalue weighted by Gasteiger charge is -2.12. The zero-order valence-corrected chi connectivity index (χ0v) is 17.2. The van der Waals surface area contributed by atoms with Crippen molar-refractivity contribution in [2.75, 3.05) is 11.5 Å². The standard InChI is InChI=1S/C21H28N4O2S/c1-2-18-24-19-20(16-11-5-6-12-17(16)23-21(19)22)25(18)13-7-8-14-28(26,27)15-9-3-4-10-15/h5-6,11-12,15H,2-4,7-10,13-14H2,1H3,(H2,22,23). The topological polar surface area (TPSA) is 90.9 Å². The van der Waals surface area contributed by atoms with Crippen molar-refractivity contribution in [2.24, 2.45) is 0 Å². The van der Waals surface area contributed by atoms with Gasteiger partial charge in [-0.1, -0.05) is 38.0 Å². The van der Waals surface area contributed by atoms with Gasteiger partial charge in [0.15, 0.2) is 15.7 Å². The lowest BCUT2D eigenvalue weighted by molar-refractivity contribution is 0.568. The first-order chi connectivity index (χ1) is 13.5. The first-order valence-corrected chi connectivity index (χ1v) is 12.0. The molecule has 0 amide bonds. The van der Waals surface area contributed by atoms with E-state index in [2.05, 4.69) is 16.5 Å². The maximum absolute atomic E-state index is 12.5. The number of nitrogen functional groups attached to an aromatic ring is 1. The van der Waals surface area contributed by atoms with E-state index in [1.54, 1.807) is 0 Å². The number of imidazole rings is 1. The highest BCUT2D eigenvalue weighted by Crippen LogP contribution is 2.30. The predicted octanol–water partition coefficient (Wildman–Crippen LogP) is 3.87. The summed E-state index contributed by atoms with van der Waals surface area (Å²) in [5.41, 5.74) is 8.79. The summed E-state index contributed by atoms with van der Waals surface area (Å²) in [6, 6.07) is 7.96. The predicted molar refractivity (Wildman–Crippen MR) is 114 cm³/mol. The normalized spacial score (nSPS) is 15.8. The average molecular weight is 401 g/mol. The lowest BCUT2D eigenvalue weighted by atomic mass is 10.2. The monoisotopic (exact) mass is 400 g/mol. The van der Waals surface area contributed by atoms with E-state index in [1.807, 2.05) is 24.3 Å². The molecule has 0 bridgehead atoms. The molecule has 1 aliphatic carbocycles. The molecule has 0 aliphatic heterocycles. The van der Waals surface area contributed by atoms with Crippen LogP contribution in [0, 0.1) is 0 Å². The van der Waals surface area contributed by atoms with Crippen molar-refractivity contribution in [3.05, 3.63) is 30.1 Å². The van der Waals surface area contributed by atoms with E-state index < -0.39 is 9.84 Å². The quantitative estimate of drug-likeness (QED) is 0.608. The lowest BCUT2D eigenvalue weighted by Crippen LogP contribution is -2.21. The summed E-state index contributed by atoms with van der Waals surface area (Å²) < 4.78 is 27.2. The van der Waals surface area contributed by atoms with Gasteiger partial charge in [0.25, 0.3) is 0 Å². The molecule has 28 heavy (non-hydrogen) atoms. The van der Waals surface area contributed by atoms with Gasteiger partial charge in [0.1, 0.15) is 11.3 Å². The van der Waals surface area contributed by atoms with Crippen molar-refractivity contribution >= 4 is 37.6 Å². The van der Waals surface area contributed by atoms with E-state index in [9.17, 15) is 8.42 Å². The molecule has 2 N–H and O–H groups in total. The van der Waals surface area contributed by atoms with Crippen LogP contribution in [0.15, 0.2) is 24.3 Å². The van der Waals surface area contributed by atoms with Gasteiger partial charge in [-0.15, -0.1) is 0 Å². The minimum atomic E-state index is -2.96. The number of aryl methyl sites for hydroxylation is 2. The summed E-state index contributed by atoms with van der Waals surface area (Å²) in [6.07, 6.45) is 6.06. The Balaban J connectivity index is 1.58. The second-order valence-electron chi connectivity index (χ2n) is 7.73. The van der Waals surface area contributed by atoms with Crippen LogP contribution in [0.2, 0.25) is 0 Å².